The first-order valence-electron chi connectivity index (χ1n) is 11.2. The number of nitrogens with zero attached hydrogens (tertiary/aromatic N) is 1. The van der Waals surface area contributed by atoms with E-state index in [2.05, 4.69) is 6.07 Å². The Morgan fingerprint density at radius 2 is 1.70 bits per heavy atom. The molecule has 2 aromatic rings. The first-order valence-corrected chi connectivity index (χ1v) is 11.2. The molecule has 4 N–H and O–H groups in total. The summed E-state index contributed by atoms with van der Waals surface area (Å²) in [5.41, 5.74) is 2.77. The molecule has 4 rings (SSSR count). The molecule has 0 amide bonds. The third-order valence-electron chi connectivity index (χ3n) is 6.26. The molecule has 176 valence electrons. The van der Waals surface area contributed by atoms with E-state index in [-0.39, 0.29) is 6.10 Å². The van der Waals surface area contributed by atoms with Crippen LogP contribution in [0, 0.1) is 11.3 Å². The molecule has 0 bridgehead atoms. The van der Waals surface area contributed by atoms with Gasteiger partial charge in [0.15, 0.2) is 0 Å². The van der Waals surface area contributed by atoms with E-state index in [4.69, 9.17) is 14.2 Å². The minimum atomic E-state index is -1.46. The molecule has 2 aromatic carbocycles. The van der Waals surface area contributed by atoms with Gasteiger partial charge in [0.2, 0.25) is 0 Å². The quantitative estimate of drug-likeness (QED) is 0.511. The summed E-state index contributed by atoms with van der Waals surface area (Å²) in [6, 6.07) is 15.0. The molecule has 2 saturated heterocycles. The van der Waals surface area contributed by atoms with Gasteiger partial charge in [0, 0.05) is 12.8 Å². The molecule has 0 saturated carbocycles. The van der Waals surface area contributed by atoms with E-state index in [1.54, 1.807) is 18.2 Å². The SMILES string of the molecule is N#Cc1ccc([C@@H]2O[C@H](CO)[C@@H](O)[C@H](O)[C@H]2O)cc1Cc1ccc(OC2CCOCC2)cc1. The zero-order chi connectivity index (χ0) is 23.4. The second kappa shape index (κ2) is 10.6. The number of hydrogen-bond acceptors (Lipinski definition) is 8. The highest BCUT2D eigenvalue weighted by molar-refractivity contribution is 5.44. The molecule has 8 nitrogen and oxygen atoms in total. The smallest absolute Gasteiger partial charge is 0.119 e. The topological polar surface area (TPSA) is 132 Å². The van der Waals surface area contributed by atoms with Crippen molar-refractivity contribution < 1.29 is 34.6 Å². The summed E-state index contributed by atoms with van der Waals surface area (Å²) in [4.78, 5) is 0. The third-order valence-corrected chi connectivity index (χ3v) is 6.26. The highest BCUT2D eigenvalue weighted by Crippen LogP contribution is 2.33. The Labute approximate surface area is 192 Å². The van der Waals surface area contributed by atoms with Crippen LogP contribution in [0.3, 0.4) is 0 Å². The molecule has 0 spiro atoms. The average Bonchev–Trinajstić information content (AvgIpc) is 2.85. The lowest BCUT2D eigenvalue weighted by Gasteiger charge is -2.40. The second-order valence-electron chi connectivity index (χ2n) is 8.53. The molecule has 5 atom stereocenters. The van der Waals surface area contributed by atoms with Crippen molar-refractivity contribution in [1.29, 1.82) is 5.26 Å². The fourth-order valence-corrected chi connectivity index (χ4v) is 4.32. The van der Waals surface area contributed by atoms with Crippen LogP contribution in [0.2, 0.25) is 0 Å². The predicted molar refractivity (Wildman–Crippen MR) is 118 cm³/mol. The van der Waals surface area contributed by atoms with Gasteiger partial charge in [-0.05, 0) is 41.3 Å². The van der Waals surface area contributed by atoms with Gasteiger partial charge in [-0.25, -0.2) is 0 Å². The molecule has 2 aliphatic rings. The van der Waals surface area contributed by atoms with Crippen molar-refractivity contribution in [3.63, 3.8) is 0 Å². The monoisotopic (exact) mass is 455 g/mol. The van der Waals surface area contributed by atoms with E-state index in [1.165, 1.54) is 0 Å². The molecular formula is C25H29NO7. The van der Waals surface area contributed by atoms with Crippen molar-refractivity contribution in [1.82, 2.24) is 0 Å². The van der Waals surface area contributed by atoms with Gasteiger partial charge in [0.25, 0.3) is 0 Å². The molecule has 0 radical (unpaired) electrons. The predicted octanol–water partition coefficient (Wildman–Crippen LogP) is 1.22. The van der Waals surface area contributed by atoms with Crippen molar-refractivity contribution in [2.75, 3.05) is 19.8 Å². The molecular weight excluding hydrogens is 426 g/mol. The lowest BCUT2D eigenvalue weighted by atomic mass is 9.89. The number of aliphatic hydroxyl groups excluding tert-OH is 4. The minimum absolute atomic E-state index is 0.157. The number of aliphatic hydroxyl groups is 4. The molecule has 33 heavy (non-hydrogen) atoms. The standard InChI is InChI=1S/C25H29NO7/c26-13-17-4-3-16(25-24(30)23(29)22(28)21(14-27)33-25)12-18(17)11-15-1-5-19(6-2-15)32-20-7-9-31-10-8-20/h1-6,12,20-25,27-30H,7-11,14H2/t21-,22-,23+,24-,25+/m1/s1. The largest absolute Gasteiger partial charge is 0.490 e. The molecule has 0 aromatic heterocycles. The molecule has 0 unspecified atom stereocenters. The van der Waals surface area contributed by atoms with Crippen molar-refractivity contribution in [2.45, 2.75) is 55.9 Å². The number of nitriles is 1. The first-order chi connectivity index (χ1) is 16.0. The highest BCUT2D eigenvalue weighted by Gasteiger charge is 2.44. The van der Waals surface area contributed by atoms with Crippen LogP contribution in [-0.4, -0.2) is 70.8 Å². The molecule has 8 heteroatoms. The van der Waals surface area contributed by atoms with Gasteiger partial charge in [0.05, 0.1) is 31.5 Å². The van der Waals surface area contributed by atoms with E-state index >= 15 is 0 Å². The minimum Gasteiger partial charge on any atom is -0.490 e. The van der Waals surface area contributed by atoms with E-state index in [0.717, 1.165) is 29.7 Å². The van der Waals surface area contributed by atoms with Crippen LogP contribution in [0.4, 0.5) is 0 Å². The van der Waals surface area contributed by atoms with Gasteiger partial charge in [-0.15, -0.1) is 0 Å². The summed E-state index contributed by atoms with van der Waals surface area (Å²) in [7, 11) is 0. The number of hydrogen-bond donors (Lipinski definition) is 4. The van der Waals surface area contributed by atoms with Gasteiger partial charge in [-0.3, -0.25) is 0 Å². The Bertz CT molecular complexity index is 966. The van der Waals surface area contributed by atoms with Crippen molar-refractivity contribution >= 4 is 0 Å². The Balaban J connectivity index is 1.51. The van der Waals surface area contributed by atoms with E-state index in [1.807, 2.05) is 24.3 Å². The van der Waals surface area contributed by atoms with Crippen LogP contribution >= 0.6 is 0 Å². The van der Waals surface area contributed by atoms with Gasteiger partial charge in [0.1, 0.15) is 42.4 Å². The maximum Gasteiger partial charge on any atom is 0.119 e. The first kappa shape index (κ1) is 23.6. The number of rotatable bonds is 6. The van der Waals surface area contributed by atoms with Gasteiger partial charge in [-0.2, -0.15) is 5.26 Å². The second-order valence-corrected chi connectivity index (χ2v) is 8.53. The van der Waals surface area contributed by atoms with E-state index in [9.17, 15) is 25.7 Å². The van der Waals surface area contributed by atoms with E-state index in [0.29, 0.717) is 30.8 Å². The Morgan fingerprint density at radius 3 is 2.36 bits per heavy atom. The molecule has 2 fully saturated rings. The Morgan fingerprint density at radius 1 is 0.970 bits per heavy atom. The summed E-state index contributed by atoms with van der Waals surface area (Å²) in [6.45, 7) is 0.932. The van der Waals surface area contributed by atoms with Crippen LogP contribution in [0.1, 0.15) is 41.2 Å². The lowest BCUT2D eigenvalue weighted by molar-refractivity contribution is -0.231. The van der Waals surface area contributed by atoms with Crippen LogP contribution in [0.15, 0.2) is 42.5 Å². The van der Waals surface area contributed by atoms with Gasteiger partial charge in [-0.1, -0.05) is 24.3 Å². The normalized spacial score (nSPS) is 28.3. The van der Waals surface area contributed by atoms with Crippen LogP contribution < -0.4 is 4.74 Å². The average molecular weight is 456 g/mol. The highest BCUT2D eigenvalue weighted by atomic mass is 16.5. The van der Waals surface area contributed by atoms with Crippen LogP contribution in [0.5, 0.6) is 5.75 Å². The van der Waals surface area contributed by atoms with Crippen molar-refractivity contribution in [3.8, 4) is 11.8 Å². The molecule has 0 aliphatic carbocycles. The molecule has 2 heterocycles. The number of ether oxygens (including phenoxy) is 3. The van der Waals surface area contributed by atoms with Gasteiger partial charge < -0.3 is 34.6 Å². The summed E-state index contributed by atoms with van der Waals surface area (Å²) in [5.74, 6) is 0.793. The van der Waals surface area contributed by atoms with Crippen LogP contribution in [0.25, 0.3) is 0 Å². The van der Waals surface area contributed by atoms with Crippen molar-refractivity contribution in [2.24, 2.45) is 0 Å². The summed E-state index contributed by atoms with van der Waals surface area (Å²) in [6.07, 6.45) is -3.79. The van der Waals surface area contributed by atoms with Crippen molar-refractivity contribution in [3.05, 3.63) is 64.7 Å². The maximum absolute atomic E-state index is 10.4. The maximum atomic E-state index is 10.4. The fraction of sp³-hybridized carbons (Fsp3) is 0.480. The molecule has 2 aliphatic heterocycles. The summed E-state index contributed by atoms with van der Waals surface area (Å²) < 4.78 is 17.0. The zero-order valence-corrected chi connectivity index (χ0v) is 18.2. The number of benzene rings is 2. The summed E-state index contributed by atoms with van der Waals surface area (Å²) in [5, 5.41) is 49.6. The Kier molecular flexibility index (Phi) is 7.60. The third kappa shape index (κ3) is 5.36. The zero-order valence-electron chi connectivity index (χ0n) is 18.2. The Hall–Kier alpha value is -2.51. The van der Waals surface area contributed by atoms with E-state index < -0.39 is 37.1 Å². The van der Waals surface area contributed by atoms with Gasteiger partial charge >= 0.3 is 0 Å². The summed E-state index contributed by atoms with van der Waals surface area (Å²) >= 11 is 0. The van der Waals surface area contributed by atoms with Crippen LogP contribution in [-0.2, 0) is 15.9 Å². The lowest BCUT2D eigenvalue weighted by Crippen LogP contribution is -2.55. The fourth-order valence-electron chi connectivity index (χ4n) is 4.32.